The van der Waals surface area contributed by atoms with Crippen molar-refractivity contribution in [2.75, 3.05) is 0 Å². The van der Waals surface area contributed by atoms with Crippen LogP contribution in [0.4, 0.5) is 5.69 Å². The molecule has 1 heterocycles. The molecule has 18 heavy (non-hydrogen) atoms. The quantitative estimate of drug-likeness (QED) is 0.440. The highest BCUT2D eigenvalue weighted by Crippen LogP contribution is 2.28. The van der Waals surface area contributed by atoms with Crippen LogP contribution in [0.1, 0.15) is 5.56 Å². The Hall–Kier alpha value is -2.70. The largest absolute Gasteiger partial charge is 0.502 e. The second kappa shape index (κ2) is 3.95. The number of benzene rings is 1. The molecule has 0 radical (unpaired) electrons. The van der Waals surface area contributed by atoms with E-state index in [1.54, 1.807) is 13.0 Å². The molecular formula is C11H8N2O5. The number of aromatic amines is 1. The lowest BCUT2D eigenvalue weighted by atomic mass is 10.1. The number of hydrogen-bond acceptors (Lipinski definition) is 5. The van der Waals surface area contributed by atoms with E-state index in [2.05, 4.69) is 4.98 Å². The first-order chi connectivity index (χ1) is 8.41. The predicted molar refractivity (Wildman–Crippen MR) is 63.9 cm³/mol. The Kier molecular flexibility index (Phi) is 2.59. The molecule has 0 fully saturated rings. The van der Waals surface area contributed by atoms with Crippen molar-refractivity contribution < 1.29 is 10.0 Å². The van der Waals surface area contributed by atoms with Gasteiger partial charge in [-0.15, -0.1) is 0 Å². The number of nitrogens with one attached hydrogen (secondary N) is 1. The highest BCUT2D eigenvalue weighted by molar-refractivity contribution is 5.87. The van der Waals surface area contributed by atoms with Crippen molar-refractivity contribution in [3.05, 3.63) is 54.5 Å². The van der Waals surface area contributed by atoms with Gasteiger partial charge in [0, 0.05) is 5.39 Å². The van der Waals surface area contributed by atoms with Gasteiger partial charge < -0.3 is 10.1 Å². The maximum absolute atomic E-state index is 11.5. The van der Waals surface area contributed by atoms with Gasteiger partial charge in [-0.1, -0.05) is 6.07 Å². The molecule has 2 aromatic rings. The lowest BCUT2D eigenvalue weighted by Gasteiger charge is -1.96. The topological polar surface area (TPSA) is 113 Å². The zero-order valence-corrected chi connectivity index (χ0v) is 9.26. The van der Waals surface area contributed by atoms with Crippen LogP contribution in [0.25, 0.3) is 10.9 Å². The van der Waals surface area contributed by atoms with Gasteiger partial charge in [-0.05, 0) is 24.6 Å². The van der Waals surface area contributed by atoms with Crippen LogP contribution in [0.5, 0.6) is 5.75 Å². The van der Waals surface area contributed by atoms with Crippen molar-refractivity contribution in [3.63, 3.8) is 0 Å². The second-order valence-electron chi connectivity index (χ2n) is 3.79. The van der Waals surface area contributed by atoms with Crippen LogP contribution < -0.4 is 11.0 Å². The van der Waals surface area contributed by atoms with Gasteiger partial charge in [0.1, 0.15) is 0 Å². The number of aromatic hydroxyl groups is 1. The van der Waals surface area contributed by atoms with Crippen molar-refractivity contribution in [1.29, 1.82) is 0 Å². The van der Waals surface area contributed by atoms with E-state index < -0.39 is 27.3 Å². The summed E-state index contributed by atoms with van der Waals surface area (Å²) in [6.45, 7) is 1.74. The minimum absolute atomic E-state index is 0.0477. The molecule has 2 N–H and O–H groups in total. The van der Waals surface area contributed by atoms with E-state index in [0.717, 1.165) is 5.56 Å². The second-order valence-corrected chi connectivity index (χ2v) is 3.79. The van der Waals surface area contributed by atoms with Crippen LogP contribution in [-0.2, 0) is 0 Å². The van der Waals surface area contributed by atoms with E-state index in [-0.39, 0.29) is 10.9 Å². The molecule has 0 atom stereocenters. The number of rotatable bonds is 1. The highest BCUT2D eigenvalue weighted by Gasteiger charge is 2.22. The summed E-state index contributed by atoms with van der Waals surface area (Å²) in [5.41, 5.74) is -2.68. The molecule has 0 bridgehead atoms. The van der Waals surface area contributed by atoms with Crippen LogP contribution in [0, 0.1) is 17.0 Å². The molecule has 0 saturated carbocycles. The average molecular weight is 248 g/mol. The van der Waals surface area contributed by atoms with Gasteiger partial charge in [-0.3, -0.25) is 19.7 Å². The molecule has 92 valence electrons. The lowest BCUT2D eigenvalue weighted by Crippen LogP contribution is -2.25. The fraction of sp³-hybridized carbons (Fsp3) is 0.0909. The molecule has 0 aliphatic carbocycles. The first-order valence-corrected chi connectivity index (χ1v) is 4.96. The van der Waals surface area contributed by atoms with E-state index in [4.69, 9.17) is 0 Å². The molecule has 0 aliphatic heterocycles. The zero-order chi connectivity index (χ0) is 13.4. The average Bonchev–Trinajstić information content (AvgIpc) is 2.35. The molecule has 2 rings (SSSR count). The molecule has 0 saturated heterocycles. The Labute approximate surface area is 99.5 Å². The van der Waals surface area contributed by atoms with Crippen LogP contribution in [0.15, 0.2) is 27.8 Å². The maximum atomic E-state index is 11.5. The summed E-state index contributed by atoms with van der Waals surface area (Å²) in [6.07, 6.45) is 0. The van der Waals surface area contributed by atoms with Gasteiger partial charge in [-0.25, -0.2) is 0 Å². The molecule has 7 heteroatoms. The lowest BCUT2D eigenvalue weighted by molar-refractivity contribution is -0.386. The van der Waals surface area contributed by atoms with E-state index >= 15 is 0 Å². The SMILES string of the molecule is Cc1ccc2c(O)c([N+](=O)[O-])c(=O)c(=O)[nH]c2c1. The Balaban J connectivity index is 3.16. The monoisotopic (exact) mass is 248 g/mol. The minimum Gasteiger partial charge on any atom is -0.502 e. The third-order valence-electron chi connectivity index (χ3n) is 2.51. The number of aromatic nitrogens is 1. The third-order valence-corrected chi connectivity index (χ3v) is 2.51. The maximum Gasteiger partial charge on any atom is 0.364 e. The number of aryl methyl sites for hydroxylation is 1. The Morgan fingerprint density at radius 2 is 2.00 bits per heavy atom. The van der Waals surface area contributed by atoms with Crippen molar-refractivity contribution in [3.8, 4) is 5.75 Å². The number of nitrogens with zero attached hydrogens (tertiary/aromatic N) is 1. The molecule has 0 aliphatic rings. The molecule has 0 amide bonds. The molecule has 7 nitrogen and oxygen atoms in total. The van der Waals surface area contributed by atoms with Crippen molar-refractivity contribution >= 4 is 16.6 Å². The Morgan fingerprint density at radius 1 is 1.33 bits per heavy atom. The first-order valence-electron chi connectivity index (χ1n) is 4.96. The summed E-state index contributed by atoms with van der Waals surface area (Å²) < 4.78 is 0. The van der Waals surface area contributed by atoms with E-state index in [0.29, 0.717) is 0 Å². The Bertz CT molecular complexity index is 779. The van der Waals surface area contributed by atoms with Gasteiger partial charge in [0.2, 0.25) is 5.75 Å². The van der Waals surface area contributed by atoms with Gasteiger partial charge in [0.05, 0.1) is 10.4 Å². The highest BCUT2D eigenvalue weighted by atomic mass is 16.6. The van der Waals surface area contributed by atoms with E-state index in [1.807, 2.05) is 0 Å². The molecule has 0 unspecified atom stereocenters. The normalized spacial score (nSPS) is 10.5. The van der Waals surface area contributed by atoms with E-state index in [9.17, 15) is 24.8 Å². The smallest absolute Gasteiger partial charge is 0.364 e. The van der Waals surface area contributed by atoms with Gasteiger partial charge in [0.25, 0.3) is 0 Å². The fourth-order valence-corrected chi connectivity index (χ4v) is 1.66. The van der Waals surface area contributed by atoms with Crippen LogP contribution in [-0.4, -0.2) is 15.0 Å². The summed E-state index contributed by atoms with van der Waals surface area (Å²) in [7, 11) is 0. The molecular weight excluding hydrogens is 240 g/mol. The summed E-state index contributed by atoms with van der Waals surface area (Å²) in [5, 5.41) is 20.6. The summed E-state index contributed by atoms with van der Waals surface area (Å²) in [6, 6.07) is 4.52. The van der Waals surface area contributed by atoms with Crippen molar-refractivity contribution in [2.45, 2.75) is 6.92 Å². The van der Waals surface area contributed by atoms with E-state index in [1.165, 1.54) is 12.1 Å². The number of fused-ring (bicyclic) bond motifs is 1. The van der Waals surface area contributed by atoms with Crippen molar-refractivity contribution in [1.82, 2.24) is 4.98 Å². The van der Waals surface area contributed by atoms with Crippen molar-refractivity contribution in [2.24, 2.45) is 0 Å². The summed E-state index contributed by atoms with van der Waals surface area (Å²) in [5.74, 6) is -0.807. The molecule has 1 aromatic carbocycles. The predicted octanol–water partition coefficient (Wildman–Crippen LogP) is 0.811. The summed E-state index contributed by atoms with van der Waals surface area (Å²) >= 11 is 0. The fourth-order valence-electron chi connectivity index (χ4n) is 1.66. The van der Waals surface area contributed by atoms with Crippen LogP contribution >= 0.6 is 0 Å². The minimum atomic E-state index is -1.37. The third kappa shape index (κ3) is 1.71. The van der Waals surface area contributed by atoms with Gasteiger partial charge in [-0.2, -0.15) is 0 Å². The molecule has 0 spiro atoms. The number of hydrogen-bond donors (Lipinski definition) is 2. The zero-order valence-electron chi connectivity index (χ0n) is 9.26. The molecule has 1 aromatic heterocycles. The first kappa shape index (κ1) is 11.8. The van der Waals surface area contributed by atoms with Crippen LogP contribution in [0.3, 0.4) is 0 Å². The number of nitro groups is 1. The van der Waals surface area contributed by atoms with Crippen LogP contribution in [0.2, 0.25) is 0 Å². The van der Waals surface area contributed by atoms with Gasteiger partial charge >= 0.3 is 16.7 Å². The Morgan fingerprint density at radius 3 is 2.61 bits per heavy atom. The summed E-state index contributed by atoms with van der Waals surface area (Å²) in [4.78, 5) is 34.8. The van der Waals surface area contributed by atoms with Gasteiger partial charge in [0.15, 0.2) is 0 Å². The standard InChI is InChI=1S/C11H8N2O5/c1-5-2-3-6-7(4-5)12-11(16)10(15)8(9(6)14)13(17)18/h2-4,14H,1H3,(H,12,15,16). The number of H-pyrrole nitrogens is 1.